The van der Waals surface area contributed by atoms with Gasteiger partial charge in [-0.3, -0.25) is 9.78 Å². The van der Waals surface area contributed by atoms with Crippen LogP contribution >= 0.6 is 0 Å². The molecule has 0 aromatic carbocycles. The summed E-state index contributed by atoms with van der Waals surface area (Å²) in [6, 6.07) is 5.72. The number of hydrogen-bond donors (Lipinski definition) is 1. The molecule has 1 amide bonds. The molecule has 0 bridgehead atoms. The first-order chi connectivity index (χ1) is 11.2. The van der Waals surface area contributed by atoms with Gasteiger partial charge < -0.3 is 9.84 Å². The highest BCUT2D eigenvalue weighted by molar-refractivity contribution is 5.76. The molecule has 6 nitrogen and oxygen atoms in total. The molecule has 6 heteroatoms. The van der Waals surface area contributed by atoms with E-state index in [9.17, 15) is 4.79 Å². The molecular weight excluding hydrogens is 292 g/mol. The van der Waals surface area contributed by atoms with E-state index in [0.717, 1.165) is 12.8 Å². The van der Waals surface area contributed by atoms with Crippen molar-refractivity contribution in [1.82, 2.24) is 20.4 Å². The predicted octanol–water partition coefficient (Wildman–Crippen LogP) is 3.15. The number of aromatic nitrogens is 3. The summed E-state index contributed by atoms with van der Waals surface area (Å²) in [4.78, 5) is 20.4. The molecule has 0 aliphatic heterocycles. The zero-order chi connectivity index (χ0) is 16.5. The van der Waals surface area contributed by atoms with Gasteiger partial charge in [-0.2, -0.15) is 4.98 Å². The molecule has 2 aromatic rings. The van der Waals surface area contributed by atoms with E-state index in [1.807, 2.05) is 25.1 Å². The van der Waals surface area contributed by atoms with Crippen LogP contribution in [0.2, 0.25) is 0 Å². The van der Waals surface area contributed by atoms with Gasteiger partial charge in [0, 0.05) is 25.1 Å². The second-order valence-corrected chi connectivity index (χ2v) is 5.69. The highest BCUT2D eigenvalue weighted by atomic mass is 16.5. The normalized spacial score (nSPS) is 12.1. The molecule has 0 spiro atoms. The van der Waals surface area contributed by atoms with Crippen molar-refractivity contribution in [3.63, 3.8) is 0 Å². The van der Waals surface area contributed by atoms with Gasteiger partial charge in [0.15, 0.2) is 0 Å². The number of pyridine rings is 1. The maximum absolute atomic E-state index is 11.9. The van der Waals surface area contributed by atoms with Crippen LogP contribution in [0.25, 0.3) is 11.5 Å². The van der Waals surface area contributed by atoms with Crippen molar-refractivity contribution >= 4 is 5.91 Å². The second kappa shape index (κ2) is 9.02. The fourth-order valence-electron chi connectivity index (χ4n) is 2.30. The highest BCUT2D eigenvalue weighted by Gasteiger charge is 2.12. The first-order valence-electron chi connectivity index (χ1n) is 8.22. The zero-order valence-electron chi connectivity index (χ0n) is 13.8. The molecule has 2 aromatic heterocycles. The maximum atomic E-state index is 11.9. The summed E-state index contributed by atoms with van der Waals surface area (Å²) in [7, 11) is 0. The van der Waals surface area contributed by atoms with Crippen LogP contribution in [-0.4, -0.2) is 27.1 Å². The number of amides is 1. The van der Waals surface area contributed by atoms with Gasteiger partial charge in [0.25, 0.3) is 0 Å². The van der Waals surface area contributed by atoms with E-state index in [0.29, 0.717) is 30.3 Å². The molecule has 0 unspecified atom stereocenters. The zero-order valence-corrected chi connectivity index (χ0v) is 13.8. The fraction of sp³-hybridized carbons (Fsp3) is 0.529. The standard InChI is InChI=1S/C17H24N4O2/c1-3-4-5-8-13(2)19-15(22)10-11-16-20-17(21-23-16)14-9-6-7-12-18-14/h6-7,9,12-13H,3-5,8,10-11H2,1-2H3,(H,19,22)/t13-/m0/s1. The number of nitrogens with one attached hydrogen (secondary N) is 1. The Morgan fingerprint density at radius 2 is 2.22 bits per heavy atom. The molecule has 0 saturated heterocycles. The summed E-state index contributed by atoms with van der Waals surface area (Å²) in [5.41, 5.74) is 0.663. The minimum atomic E-state index is 0.0200. The lowest BCUT2D eigenvalue weighted by Gasteiger charge is -2.12. The molecule has 0 aliphatic carbocycles. The predicted molar refractivity (Wildman–Crippen MR) is 87.6 cm³/mol. The fourth-order valence-corrected chi connectivity index (χ4v) is 2.30. The molecule has 2 rings (SSSR count). The second-order valence-electron chi connectivity index (χ2n) is 5.69. The van der Waals surface area contributed by atoms with E-state index in [1.165, 1.54) is 12.8 Å². The van der Waals surface area contributed by atoms with Gasteiger partial charge in [-0.05, 0) is 25.5 Å². The van der Waals surface area contributed by atoms with Crippen molar-refractivity contribution in [2.24, 2.45) is 0 Å². The topological polar surface area (TPSA) is 80.9 Å². The quantitative estimate of drug-likeness (QED) is 0.719. The molecule has 23 heavy (non-hydrogen) atoms. The number of carbonyl (C=O) groups is 1. The van der Waals surface area contributed by atoms with Crippen molar-refractivity contribution in [1.29, 1.82) is 0 Å². The number of rotatable bonds is 9. The van der Waals surface area contributed by atoms with E-state index in [4.69, 9.17) is 4.52 Å². The molecule has 0 aliphatic rings. The molecule has 0 radical (unpaired) electrons. The van der Waals surface area contributed by atoms with Crippen molar-refractivity contribution in [2.45, 2.75) is 58.4 Å². The number of aryl methyl sites for hydroxylation is 1. The van der Waals surface area contributed by atoms with Gasteiger partial charge in [0.05, 0.1) is 0 Å². The van der Waals surface area contributed by atoms with Gasteiger partial charge in [0.2, 0.25) is 17.6 Å². The summed E-state index contributed by atoms with van der Waals surface area (Å²) in [5.74, 6) is 0.931. The van der Waals surface area contributed by atoms with Crippen LogP contribution in [0, 0.1) is 0 Å². The third kappa shape index (κ3) is 5.81. The van der Waals surface area contributed by atoms with E-state index < -0.39 is 0 Å². The SMILES string of the molecule is CCCCC[C@H](C)NC(=O)CCc1nc(-c2ccccn2)no1. The first-order valence-corrected chi connectivity index (χ1v) is 8.22. The lowest BCUT2D eigenvalue weighted by molar-refractivity contribution is -0.121. The number of hydrogen-bond acceptors (Lipinski definition) is 5. The number of carbonyl (C=O) groups excluding carboxylic acids is 1. The lowest BCUT2D eigenvalue weighted by atomic mass is 10.1. The maximum Gasteiger partial charge on any atom is 0.227 e. The van der Waals surface area contributed by atoms with Crippen molar-refractivity contribution in [3.05, 3.63) is 30.3 Å². The Morgan fingerprint density at radius 1 is 1.35 bits per heavy atom. The Bertz CT molecular complexity index is 598. The smallest absolute Gasteiger partial charge is 0.227 e. The van der Waals surface area contributed by atoms with Gasteiger partial charge in [0.1, 0.15) is 5.69 Å². The average Bonchev–Trinajstić information content (AvgIpc) is 3.03. The first kappa shape index (κ1) is 17.1. The molecule has 1 N–H and O–H groups in total. The largest absolute Gasteiger partial charge is 0.354 e. The summed E-state index contributed by atoms with van der Waals surface area (Å²) in [6.45, 7) is 4.21. The third-order valence-electron chi connectivity index (χ3n) is 3.58. The number of unbranched alkanes of at least 4 members (excludes halogenated alkanes) is 2. The van der Waals surface area contributed by atoms with Crippen LogP contribution < -0.4 is 5.32 Å². The Balaban J connectivity index is 1.75. The Kier molecular flexibility index (Phi) is 6.72. The summed E-state index contributed by atoms with van der Waals surface area (Å²) < 4.78 is 5.17. The average molecular weight is 316 g/mol. The van der Waals surface area contributed by atoms with E-state index >= 15 is 0 Å². The molecule has 0 fully saturated rings. The van der Waals surface area contributed by atoms with Gasteiger partial charge in [-0.1, -0.05) is 37.4 Å². The minimum Gasteiger partial charge on any atom is -0.354 e. The van der Waals surface area contributed by atoms with E-state index in [1.54, 1.807) is 6.20 Å². The van der Waals surface area contributed by atoms with Gasteiger partial charge >= 0.3 is 0 Å². The van der Waals surface area contributed by atoms with E-state index in [2.05, 4.69) is 27.4 Å². The van der Waals surface area contributed by atoms with Crippen LogP contribution in [0.3, 0.4) is 0 Å². The molecule has 1 atom stereocenters. The van der Waals surface area contributed by atoms with Crippen LogP contribution in [0.4, 0.5) is 0 Å². The summed E-state index contributed by atoms with van der Waals surface area (Å²) >= 11 is 0. The molecule has 124 valence electrons. The molecule has 2 heterocycles. The Hall–Kier alpha value is -2.24. The Morgan fingerprint density at radius 3 is 2.96 bits per heavy atom. The lowest BCUT2D eigenvalue weighted by Crippen LogP contribution is -2.32. The van der Waals surface area contributed by atoms with E-state index in [-0.39, 0.29) is 11.9 Å². The van der Waals surface area contributed by atoms with Crippen LogP contribution in [0.15, 0.2) is 28.9 Å². The van der Waals surface area contributed by atoms with Crippen LogP contribution in [0.5, 0.6) is 0 Å². The minimum absolute atomic E-state index is 0.0200. The monoisotopic (exact) mass is 316 g/mol. The third-order valence-corrected chi connectivity index (χ3v) is 3.58. The van der Waals surface area contributed by atoms with Gasteiger partial charge in [-0.25, -0.2) is 0 Å². The summed E-state index contributed by atoms with van der Waals surface area (Å²) in [6.07, 6.45) is 7.03. The van der Waals surface area contributed by atoms with Crippen molar-refractivity contribution < 1.29 is 9.32 Å². The van der Waals surface area contributed by atoms with Crippen molar-refractivity contribution in [3.8, 4) is 11.5 Å². The van der Waals surface area contributed by atoms with Crippen molar-refractivity contribution in [2.75, 3.05) is 0 Å². The molecular formula is C17H24N4O2. The summed E-state index contributed by atoms with van der Waals surface area (Å²) in [5, 5.41) is 6.90. The number of nitrogens with zero attached hydrogens (tertiary/aromatic N) is 3. The van der Waals surface area contributed by atoms with Crippen LogP contribution in [-0.2, 0) is 11.2 Å². The highest BCUT2D eigenvalue weighted by Crippen LogP contribution is 2.12. The Labute approximate surface area is 136 Å². The van der Waals surface area contributed by atoms with Crippen LogP contribution in [0.1, 0.15) is 51.8 Å². The molecule has 0 saturated carbocycles. The van der Waals surface area contributed by atoms with Gasteiger partial charge in [-0.15, -0.1) is 0 Å².